The van der Waals surface area contributed by atoms with Crippen molar-refractivity contribution in [1.82, 2.24) is 0 Å². The average molecular weight is 249 g/mol. The molecule has 0 atom stereocenters. The molecule has 16 heavy (non-hydrogen) atoms. The first-order chi connectivity index (χ1) is 7.53. The Bertz CT molecular complexity index is 325. The molecule has 0 bridgehead atoms. The van der Waals surface area contributed by atoms with Gasteiger partial charge in [0.05, 0.1) is 0 Å². The van der Waals surface area contributed by atoms with Crippen molar-refractivity contribution in [2.45, 2.75) is 30.2 Å². The third-order valence-electron chi connectivity index (χ3n) is 1.96. The lowest BCUT2D eigenvalue weighted by Crippen LogP contribution is -2.05. The van der Waals surface area contributed by atoms with Crippen molar-refractivity contribution < 1.29 is 13.2 Å². The highest BCUT2D eigenvalue weighted by atomic mass is 32.2. The predicted octanol–water partition coefficient (Wildman–Crippen LogP) is 4.51. The maximum atomic E-state index is 12.2. The zero-order valence-electron chi connectivity index (χ0n) is 8.97. The molecule has 90 valence electrons. The van der Waals surface area contributed by atoms with Crippen LogP contribution in [0.2, 0.25) is 0 Å². The molecule has 1 aromatic rings. The Morgan fingerprint density at radius 2 is 1.94 bits per heavy atom. The van der Waals surface area contributed by atoms with Crippen molar-refractivity contribution in [3.05, 3.63) is 24.3 Å². The number of unbranched alkanes of at least 4 members (excludes halogenated alkanes) is 1. The minimum Gasteiger partial charge on any atom is -0.384 e. The third-order valence-corrected chi connectivity index (χ3v) is 2.77. The SMILES string of the molecule is CCCCNc1ccccc1SC(F)(F)F. The molecule has 1 aromatic carbocycles. The minimum absolute atomic E-state index is 0.0771. The summed E-state index contributed by atoms with van der Waals surface area (Å²) in [6, 6.07) is 6.49. The van der Waals surface area contributed by atoms with Gasteiger partial charge in [0.1, 0.15) is 0 Å². The normalized spacial score (nSPS) is 11.5. The van der Waals surface area contributed by atoms with Gasteiger partial charge in [-0.25, -0.2) is 0 Å². The molecule has 0 aliphatic carbocycles. The quantitative estimate of drug-likeness (QED) is 0.608. The molecule has 1 N–H and O–H groups in total. The molecule has 5 heteroatoms. The highest BCUT2D eigenvalue weighted by molar-refractivity contribution is 8.00. The number of hydrogen-bond donors (Lipinski definition) is 1. The number of para-hydroxylation sites is 1. The number of anilines is 1. The van der Waals surface area contributed by atoms with Gasteiger partial charge in [-0.15, -0.1) is 0 Å². The van der Waals surface area contributed by atoms with E-state index in [1.165, 1.54) is 6.07 Å². The Kier molecular flexibility index (Phi) is 4.99. The zero-order chi connectivity index (χ0) is 12.0. The van der Waals surface area contributed by atoms with Crippen molar-refractivity contribution >= 4 is 17.4 Å². The van der Waals surface area contributed by atoms with Crippen molar-refractivity contribution in [2.75, 3.05) is 11.9 Å². The van der Waals surface area contributed by atoms with E-state index in [-0.39, 0.29) is 16.7 Å². The number of benzene rings is 1. The van der Waals surface area contributed by atoms with E-state index in [1.807, 2.05) is 6.92 Å². The summed E-state index contributed by atoms with van der Waals surface area (Å²) < 4.78 is 36.7. The maximum absolute atomic E-state index is 12.2. The second-order valence-electron chi connectivity index (χ2n) is 3.32. The van der Waals surface area contributed by atoms with Crippen molar-refractivity contribution in [2.24, 2.45) is 0 Å². The van der Waals surface area contributed by atoms with E-state index in [0.717, 1.165) is 12.8 Å². The molecule has 0 radical (unpaired) electrons. The molecular weight excluding hydrogens is 235 g/mol. The second-order valence-corrected chi connectivity index (χ2v) is 4.43. The van der Waals surface area contributed by atoms with E-state index in [1.54, 1.807) is 18.2 Å². The van der Waals surface area contributed by atoms with Crippen LogP contribution >= 0.6 is 11.8 Å². The third kappa shape index (κ3) is 4.79. The summed E-state index contributed by atoms with van der Waals surface area (Å²) in [4.78, 5) is 0.228. The standard InChI is InChI=1S/C11H14F3NS/c1-2-3-8-15-9-6-4-5-7-10(9)16-11(12,13)14/h4-7,15H,2-3,8H2,1H3. The Balaban J connectivity index is 2.68. The van der Waals surface area contributed by atoms with Crippen molar-refractivity contribution in [3.63, 3.8) is 0 Å². The molecule has 0 saturated carbocycles. The number of thioether (sulfide) groups is 1. The van der Waals surface area contributed by atoms with E-state index in [2.05, 4.69) is 5.32 Å². The summed E-state index contributed by atoms with van der Waals surface area (Å²) in [5.74, 6) is 0. The molecule has 0 heterocycles. The Morgan fingerprint density at radius 1 is 1.25 bits per heavy atom. The van der Waals surface area contributed by atoms with Gasteiger partial charge in [-0.05, 0) is 30.3 Å². The van der Waals surface area contributed by atoms with Gasteiger partial charge in [0.25, 0.3) is 0 Å². The highest BCUT2D eigenvalue weighted by Crippen LogP contribution is 2.40. The fourth-order valence-corrected chi connectivity index (χ4v) is 1.87. The maximum Gasteiger partial charge on any atom is 0.446 e. The fourth-order valence-electron chi connectivity index (χ4n) is 1.23. The molecule has 0 aliphatic rings. The van der Waals surface area contributed by atoms with E-state index in [4.69, 9.17) is 0 Å². The van der Waals surface area contributed by atoms with Crippen LogP contribution in [0.5, 0.6) is 0 Å². The number of hydrogen-bond acceptors (Lipinski definition) is 2. The molecule has 1 rings (SSSR count). The molecule has 0 spiro atoms. The summed E-state index contributed by atoms with van der Waals surface area (Å²) in [7, 11) is 0. The summed E-state index contributed by atoms with van der Waals surface area (Å²) >= 11 is -0.0771. The van der Waals surface area contributed by atoms with E-state index < -0.39 is 5.51 Å². The van der Waals surface area contributed by atoms with Crippen LogP contribution in [0.15, 0.2) is 29.2 Å². The van der Waals surface area contributed by atoms with E-state index in [0.29, 0.717) is 12.2 Å². The van der Waals surface area contributed by atoms with Crippen LogP contribution in [-0.4, -0.2) is 12.1 Å². The van der Waals surface area contributed by atoms with Gasteiger partial charge in [-0.3, -0.25) is 0 Å². The van der Waals surface area contributed by atoms with Crippen LogP contribution in [0.4, 0.5) is 18.9 Å². The highest BCUT2D eigenvalue weighted by Gasteiger charge is 2.30. The van der Waals surface area contributed by atoms with Gasteiger partial charge in [-0.1, -0.05) is 25.5 Å². The molecule has 0 unspecified atom stereocenters. The average Bonchev–Trinajstić information content (AvgIpc) is 2.19. The first kappa shape index (κ1) is 13.2. The smallest absolute Gasteiger partial charge is 0.384 e. The van der Waals surface area contributed by atoms with Gasteiger partial charge in [0.2, 0.25) is 0 Å². The molecule has 0 amide bonds. The molecule has 0 fully saturated rings. The first-order valence-electron chi connectivity index (χ1n) is 5.11. The number of nitrogens with one attached hydrogen (secondary N) is 1. The van der Waals surface area contributed by atoms with Crippen molar-refractivity contribution in [3.8, 4) is 0 Å². The van der Waals surface area contributed by atoms with E-state index in [9.17, 15) is 13.2 Å². The van der Waals surface area contributed by atoms with Crippen LogP contribution in [-0.2, 0) is 0 Å². The number of rotatable bonds is 5. The fraction of sp³-hybridized carbons (Fsp3) is 0.455. The van der Waals surface area contributed by atoms with E-state index >= 15 is 0 Å². The zero-order valence-corrected chi connectivity index (χ0v) is 9.79. The number of alkyl halides is 3. The predicted molar refractivity (Wildman–Crippen MR) is 61.8 cm³/mol. The minimum atomic E-state index is -4.23. The van der Waals surface area contributed by atoms with Crippen LogP contribution in [0.3, 0.4) is 0 Å². The lowest BCUT2D eigenvalue weighted by molar-refractivity contribution is -0.0327. The Labute approximate surface area is 97.4 Å². The monoisotopic (exact) mass is 249 g/mol. The van der Waals surface area contributed by atoms with Gasteiger partial charge >= 0.3 is 5.51 Å². The molecule has 0 aromatic heterocycles. The van der Waals surface area contributed by atoms with Gasteiger partial charge in [0, 0.05) is 17.1 Å². The largest absolute Gasteiger partial charge is 0.446 e. The molecular formula is C11H14F3NS. The second kappa shape index (κ2) is 6.03. The first-order valence-corrected chi connectivity index (χ1v) is 5.93. The molecule has 0 aliphatic heterocycles. The number of halogens is 3. The topological polar surface area (TPSA) is 12.0 Å². The van der Waals surface area contributed by atoms with Crippen LogP contribution in [0, 0.1) is 0 Å². The lowest BCUT2D eigenvalue weighted by Gasteiger charge is -2.12. The van der Waals surface area contributed by atoms with Crippen LogP contribution in [0.1, 0.15) is 19.8 Å². The Hall–Kier alpha value is -0.840. The van der Waals surface area contributed by atoms with Gasteiger partial charge in [-0.2, -0.15) is 13.2 Å². The van der Waals surface area contributed by atoms with Crippen LogP contribution in [0.25, 0.3) is 0 Å². The summed E-state index contributed by atoms with van der Waals surface area (Å²) in [6.07, 6.45) is 1.96. The molecule has 1 nitrogen and oxygen atoms in total. The summed E-state index contributed by atoms with van der Waals surface area (Å²) in [6.45, 7) is 2.74. The van der Waals surface area contributed by atoms with Crippen molar-refractivity contribution in [1.29, 1.82) is 0 Å². The summed E-state index contributed by atoms with van der Waals surface area (Å²) in [5, 5.41) is 3.02. The van der Waals surface area contributed by atoms with Gasteiger partial charge < -0.3 is 5.32 Å². The van der Waals surface area contributed by atoms with Crippen LogP contribution < -0.4 is 5.32 Å². The van der Waals surface area contributed by atoms with Gasteiger partial charge in [0.15, 0.2) is 0 Å². The summed E-state index contributed by atoms with van der Waals surface area (Å²) in [5.41, 5.74) is -3.68. The Morgan fingerprint density at radius 3 is 2.56 bits per heavy atom. The molecule has 0 saturated heterocycles. The lowest BCUT2D eigenvalue weighted by atomic mass is 10.3.